The van der Waals surface area contributed by atoms with Gasteiger partial charge in [-0.15, -0.1) is 0 Å². The molecule has 0 amide bonds. The molecule has 2 fully saturated rings. The minimum atomic E-state index is 0.820. The van der Waals surface area contributed by atoms with Crippen LogP contribution in [0.2, 0.25) is 0 Å². The van der Waals surface area contributed by atoms with Crippen LogP contribution in [0.4, 0.5) is 0 Å². The highest BCUT2D eigenvalue weighted by atomic mass is 16.5. The van der Waals surface area contributed by atoms with Gasteiger partial charge in [0.1, 0.15) is 0 Å². The molecule has 2 rings (SSSR count). The van der Waals surface area contributed by atoms with Crippen LogP contribution in [0.5, 0.6) is 0 Å². The molecule has 0 aromatic rings. The van der Waals surface area contributed by atoms with Gasteiger partial charge in [0, 0.05) is 25.7 Å². The van der Waals surface area contributed by atoms with E-state index in [1.54, 1.807) is 0 Å². The number of nitrogens with zero attached hydrogens (tertiary/aromatic N) is 2. The first kappa shape index (κ1) is 13.3. The zero-order chi connectivity index (χ0) is 12.1. The number of rotatable bonds is 4. The van der Waals surface area contributed by atoms with E-state index in [2.05, 4.69) is 23.8 Å². The van der Waals surface area contributed by atoms with Crippen LogP contribution < -0.4 is 0 Å². The van der Waals surface area contributed by atoms with E-state index in [9.17, 15) is 0 Å². The topological polar surface area (TPSA) is 15.7 Å². The third kappa shape index (κ3) is 3.94. The number of ether oxygens (including phenoxy) is 1. The molecule has 0 spiro atoms. The zero-order valence-electron chi connectivity index (χ0n) is 11.5. The number of hydrogen-bond acceptors (Lipinski definition) is 3. The lowest BCUT2D eigenvalue weighted by Gasteiger charge is -2.38. The first-order chi connectivity index (χ1) is 8.29. The molecule has 2 aliphatic heterocycles. The van der Waals surface area contributed by atoms with Crippen LogP contribution in [0.15, 0.2) is 0 Å². The quantitative estimate of drug-likeness (QED) is 0.745. The average molecular weight is 240 g/mol. The number of piperidine rings is 1. The first-order valence-electron chi connectivity index (χ1n) is 7.30. The van der Waals surface area contributed by atoms with Crippen molar-refractivity contribution in [3.63, 3.8) is 0 Å². The van der Waals surface area contributed by atoms with Gasteiger partial charge in [-0.05, 0) is 38.8 Å². The van der Waals surface area contributed by atoms with Crippen LogP contribution in [0, 0.1) is 5.92 Å². The molecule has 3 heteroatoms. The van der Waals surface area contributed by atoms with Gasteiger partial charge in [-0.2, -0.15) is 0 Å². The predicted octanol–water partition coefficient (Wildman–Crippen LogP) is 1.83. The van der Waals surface area contributed by atoms with Crippen molar-refractivity contribution in [1.29, 1.82) is 0 Å². The summed E-state index contributed by atoms with van der Waals surface area (Å²) >= 11 is 0. The standard InChI is InChI=1S/C14H28N2O/c1-3-13-4-5-14(15(2)12-13)6-7-16-8-10-17-11-9-16/h13-14H,3-12H2,1-2H3/t13-,14-/m0/s1. The Balaban J connectivity index is 1.68. The molecule has 2 aliphatic rings. The second-order valence-corrected chi connectivity index (χ2v) is 5.69. The van der Waals surface area contributed by atoms with Crippen molar-refractivity contribution in [2.75, 3.05) is 46.4 Å². The normalized spacial score (nSPS) is 32.8. The van der Waals surface area contributed by atoms with E-state index in [0.717, 1.165) is 38.3 Å². The molecule has 3 nitrogen and oxygen atoms in total. The number of morpholine rings is 1. The number of hydrogen-bond donors (Lipinski definition) is 0. The minimum absolute atomic E-state index is 0.820. The van der Waals surface area contributed by atoms with Crippen molar-refractivity contribution < 1.29 is 4.74 Å². The maximum atomic E-state index is 5.39. The summed E-state index contributed by atoms with van der Waals surface area (Å²) < 4.78 is 5.39. The van der Waals surface area contributed by atoms with Crippen molar-refractivity contribution in [3.05, 3.63) is 0 Å². The van der Waals surface area contributed by atoms with Gasteiger partial charge in [-0.3, -0.25) is 4.90 Å². The SMILES string of the molecule is CC[C@H]1CC[C@@H](CCN2CCOCC2)N(C)C1. The molecule has 0 aliphatic carbocycles. The Bertz CT molecular complexity index is 216. The van der Waals surface area contributed by atoms with Gasteiger partial charge in [0.15, 0.2) is 0 Å². The molecule has 0 aromatic carbocycles. The summed E-state index contributed by atoms with van der Waals surface area (Å²) in [4.78, 5) is 5.15. The van der Waals surface area contributed by atoms with E-state index in [0.29, 0.717) is 0 Å². The predicted molar refractivity (Wildman–Crippen MR) is 71.3 cm³/mol. The second-order valence-electron chi connectivity index (χ2n) is 5.69. The van der Waals surface area contributed by atoms with Crippen molar-refractivity contribution >= 4 is 0 Å². The Kier molecular flexibility index (Phi) is 5.26. The summed E-state index contributed by atoms with van der Waals surface area (Å²) in [5, 5.41) is 0. The molecule has 2 saturated heterocycles. The van der Waals surface area contributed by atoms with Crippen LogP contribution >= 0.6 is 0 Å². The molecule has 0 aromatic heterocycles. The van der Waals surface area contributed by atoms with E-state index in [4.69, 9.17) is 4.74 Å². The highest BCUT2D eigenvalue weighted by Crippen LogP contribution is 2.24. The van der Waals surface area contributed by atoms with Crippen LogP contribution in [-0.2, 0) is 4.74 Å². The summed E-state index contributed by atoms with van der Waals surface area (Å²) in [7, 11) is 2.31. The molecule has 2 heterocycles. The fraction of sp³-hybridized carbons (Fsp3) is 1.00. The molecule has 100 valence electrons. The van der Waals surface area contributed by atoms with Gasteiger partial charge in [0.05, 0.1) is 13.2 Å². The molecule has 0 unspecified atom stereocenters. The van der Waals surface area contributed by atoms with Crippen LogP contribution in [0.25, 0.3) is 0 Å². The molecule has 0 radical (unpaired) electrons. The second kappa shape index (κ2) is 6.72. The third-order valence-corrected chi connectivity index (χ3v) is 4.54. The molecule has 2 atom stereocenters. The summed E-state index contributed by atoms with van der Waals surface area (Å²) in [6.45, 7) is 9.02. The molecule has 0 bridgehead atoms. The molecular formula is C14H28N2O. The van der Waals surface area contributed by atoms with Gasteiger partial charge in [-0.1, -0.05) is 13.3 Å². The first-order valence-corrected chi connectivity index (χ1v) is 7.30. The summed E-state index contributed by atoms with van der Waals surface area (Å²) in [5.74, 6) is 0.944. The third-order valence-electron chi connectivity index (χ3n) is 4.54. The Labute approximate surface area is 106 Å². The van der Waals surface area contributed by atoms with E-state index in [1.807, 2.05) is 0 Å². The Hall–Kier alpha value is -0.120. The van der Waals surface area contributed by atoms with Gasteiger partial charge in [0.25, 0.3) is 0 Å². The molecule has 0 saturated carbocycles. The van der Waals surface area contributed by atoms with Crippen molar-refractivity contribution in [2.45, 2.75) is 38.6 Å². The maximum Gasteiger partial charge on any atom is 0.0594 e. The van der Waals surface area contributed by atoms with E-state index in [-0.39, 0.29) is 0 Å². The minimum Gasteiger partial charge on any atom is -0.379 e. The Morgan fingerprint density at radius 2 is 1.94 bits per heavy atom. The summed E-state index contributed by atoms with van der Waals surface area (Å²) in [6, 6.07) is 0.820. The summed E-state index contributed by atoms with van der Waals surface area (Å²) in [5.41, 5.74) is 0. The zero-order valence-corrected chi connectivity index (χ0v) is 11.5. The van der Waals surface area contributed by atoms with Gasteiger partial charge >= 0.3 is 0 Å². The monoisotopic (exact) mass is 240 g/mol. The Morgan fingerprint density at radius 1 is 1.18 bits per heavy atom. The van der Waals surface area contributed by atoms with Gasteiger partial charge < -0.3 is 9.64 Å². The van der Waals surface area contributed by atoms with E-state index < -0.39 is 0 Å². The molecular weight excluding hydrogens is 212 g/mol. The largest absolute Gasteiger partial charge is 0.379 e. The number of likely N-dealkylation sites (tertiary alicyclic amines) is 1. The highest BCUT2D eigenvalue weighted by molar-refractivity contribution is 4.80. The maximum absolute atomic E-state index is 5.39. The average Bonchev–Trinajstić information content (AvgIpc) is 2.38. The summed E-state index contributed by atoms with van der Waals surface area (Å²) in [6.07, 6.45) is 5.53. The van der Waals surface area contributed by atoms with Crippen molar-refractivity contribution in [3.8, 4) is 0 Å². The Morgan fingerprint density at radius 3 is 2.59 bits per heavy atom. The van der Waals surface area contributed by atoms with Crippen LogP contribution in [0.3, 0.4) is 0 Å². The lowest BCUT2D eigenvalue weighted by molar-refractivity contribution is 0.0305. The molecule has 0 N–H and O–H groups in total. The lowest BCUT2D eigenvalue weighted by Crippen LogP contribution is -2.44. The van der Waals surface area contributed by atoms with E-state index in [1.165, 1.54) is 38.8 Å². The van der Waals surface area contributed by atoms with Crippen molar-refractivity contribution in [2.24, 2.45) is 5.92 Å². The van der Waals surface area contributed by atoms with Crippen LogP contribution in [0.1, 0.15) is 32.6 Å². The van der Waals surface area contributed by atoms with Crippen molar-refractivity contribution in [1.82, 2.24) is 9.80 Å². The molecule has 17 heavy (non-hydrogen) atoms. The van der Waals surface area contributed by atoms with E-state index >= 15 is 0 Å². The van der Waals surface area contributed by atoms with Crippen LogP contribution in [-0.4, -0.2) is 62.3 Å². The van der Waals surface area contributed by atoms with Gasteiger partial charge in [-0.25, -0.2) is 0 Å². The lowest BCUT2D eigenvalue weighted by atomic mass is 9.90. The highest BCUT2D eigenvalue weighted by Gasteiger charge is 2.25. The fourth-order valence-electron chi connectivity index (χ4n) is 3.15. The van der Waals surface area contributed by atoms with Gasteiger partial charge in [0.2, 0.25) is 0 Å². The fourth-order valence-corrected chi connectivity index (χ4v) is 3.15. The smallest absolute Gasteiger partial charge is 0.0594 e.